The highest BCUT2D eigenvalue weighted by molar-refractivity contribution is 7.98. The van der Waals surface area contributed by atoms with Crippen LogP contribution in [0.5, 0.6) is 5.75 Å². The zero-order valence-corrected chi connectivity index (χ0v) is 20.0. The van der Waals surface area contributed by atoms with Gasteiger partial charge < -0.3 is 10.1 Å². The van der Waals surface area contributed by atoms with Crippen molar-refractivity contribution in [3.05, 3.63) is 84.2 Å². The van der Waals surface area contributed by atoms with Crippen molar-refractivity contribution < 1.29 is 22.3 Å². The number of amides is 1. The third-order valence-electron chi connectivity index (χ3n) is 4.93. The summed E-state index contributed by atoms with van der Waals surface area (Å²) in [5.74, 6) is -0.341. The number of methoxy groups -OCH3 is 1. The maximum atomic E-state index is 13.9. The number of benzene rings is 3. The minimum Gasteiger partial charge on any atom is -0.497 e. The smallest absolute Gasteiger partial charge is 0.264 e. The van der Waals surface area contributed by atoms with Gasteiger partial charge in [0.25, 0.3) is 10.0 Å². The van der Waals surface area contributed by atoms with E-state index in [2.05, 4.69) is 5.32 Å². The summed E-state index contributed by atoms with van der Waals surface area (Å²) in [5, 5.41) is 2.74. The van der Waals surface area contributed by atoms with Crippen LogP contribution in [0.3, 0.4) is 0 Å². The van der Waals surface area contributed by atoms with Crippen LogP contribution in [-0.4, -0.2) is 40.8 Å². The first-order chi connectivity index (χ1) is 15.8. The number of carbonyl (C=O) groups excluding carboxylic acids is 1. The van der Waals surface area contributed by atoms with Crippen molar-refractivity contribution in [2.24, 2.45) is 0 Å². The average Bonchev–Trinajstić information content (AvgIpc) is 2.83. The molecule has 1 amide bonds. The van der Waals surface area contributed by atoms with Gasteiger partial charge in [-0.15, -0.1) is 11.8 Å². The summed E-state index contributed by atoms with van der Waals surface area (Å²) in [5.41, 5.74) is 1.08. The lowest BCUT2D eigenvalue weighted by atomic mass is 10.1. The van der Waals surface area contributed by atoms with Crippen molar-refractivity contribution in [1.29, 1.82) is 0 Å². The number of anilines is 1. The molecule has 9 heteroatoms. The van der Waals surface area contributed by atoms with Crippen LogP contribution in [0.25, 0.3) is 0 Å². The van der Waals surface area contributed by atoms with Crippen LogP contribution in [-0.2, 0) is 21.2 Å². The Kier molecular flexibility index (Phi) is 8.35. The summed E-state index contributed by atoms with van der Waals surface area (Å²) in [6, 6.07) is 19.0. The van der Waals surface area contributed by atoms with E-state index in [0.717, 1.165) is 26.6 Å². The van der Waals surface area contributed by atoms with Gasteiger partial charge in [-0.1, -0.05) is 18.2 Å². The summed E-state index contributed by atoms with van der Waals surface area (Å²) >= 11 is 1.49. The topological polar surface area (TPSA) is 75.7 Å². The predicted molar refractivity (Wildman–Crippen MR) is 129 cm³/mol. The van der Waals surface area contributed by atoms with Gasteiger partial charge in [-0.05, 0) is 72.8 Å². The Morgan fingerprint density at radius 1 is 1.06 bits per heavy atom. The van der Waals surface area contributed by atoms with E-state index in [0.29, 0.717) is 13.0 Å². The van der Waals surface area contributed by atoms with Crippen molar-refractivity contribution in [2.75, 3.05) is 30.8 Å². The SMILES string of the molecule is COc1ccc(CCNC(=O)CN(c2cccc(F)c2)S(=O)(=O)c2ccc(SC)cc2)cc1. The highest BCUT2D eigenvalue weighted by Gasteiger charge is 2.27. The maximum Gasteiger partial charge on any atom is 0.264 e. The lowest BCUT2D eigenvalue weighted by Crippen LogP contribution is -2.41. The Hall–Kier alpha value is -3.04. The molecule has 0 aliphatic carbocycles. The molecule has 0 atom stereocenters. The van der Waals surface area contributed by atoms with Crippen molar-refractivity contribution >= 4 is 33.4 Å². The third kappa shape index (κ3) is 6.49. The normalized spacial score (nSPS) is 11.1. The summed E-state index contributed by atoms with van der Waals surface area (Å²) < 4.78 is 46.6. The standard InChI is InChI=1S/C24H25FN2O4S2/c1-31-21-8-6-18(7-9-21)14-15-26-24(28)17-27(20-5-3-4-19(25)16-20)33(29,30)23-12-10-22(32-2)11-13-23/h3-13,16H,14-15,17H2,1-2H3,(H,26,28). The van der Waals surface area contributed by atoms with Crippen LogP contribution >= 0.6 is 11.8 Å². The van der Waals surface area contributed by atoms with Crippen LogP contribution in [0, 0.1) is 5.82 Å². The summed E-state index contributed by atoms with van der Waals surface area (Å²) in [6.07, 6.45) is 2.46. The molecular formula is C24H25FN2O4S2. The lowest BCUT2D eigenvalue weighted by molar-refractivity contribution is -0.119. The maximum absolute atomic E-state index is 13.9. The number of thioether (sulfide) groups is 1. The number of rotatable bonds is 10. The molecule has 33 heavy (non-hydrogen) atoms. The molecule has 3 rings (SSSR count). The van der Waals surface area contributed by atoms with Gasteiger partial charge in [0.15, 0.2) is 0 Å². The number of nitrogens with zero attached hydrogens (tertiary/aromatic N) is 1. The molecule has 0 unspecified atom stereocenters. The van der Waals surface area contributed by atoms with Gasteiger partial charge in [0.1, 0.15) is 18.1 Å². The van der Waals surface area contributed by atoms with Gasteiger partial charge in [0.05, 0.1) is 17.7 Å². The second kappa shape index (κ2) is 11.2. The van der Waals surface area contributed by atoms with Crippen LogP contribution in [0.15, 0.2) is 82.6 Å². The number of sulfonamides is 1. The highest BCUT2D eigenvalue weighted by atomic mass is 32.2. The minimum absolute atomic E-state index is 0.0237. The number of hydrogen-bond donors (Lipinski definition) is 1. The molecule has 0 radical (unpaired) electrons. The summed E-state index contributed by atoms with van der Waals surface area (Å²) in [7, 11) is -2.51. The van der Waals surface area contributed by atoms with Gasteiger partial charge in [-0.3, -0.25) is 9.10 Å². The van der Waals surface area contributed by atoms with Crippen molar-refractivity contribution in [2.45, 2.75) is 16.2 Å². The lowest BCUT2D eigenvalue weighted by Gasteiger charge is -2.24. The molecule has 0 bridgehead atoms. The molecule has 174 valence electrons. The first kappa shape index (κ1) is 24.6. The van der Waals surface area contributed by atoms with Gasteiger partial charge in [-0.2, -0.15) is 0 Å². The number of carbonyl (C=O) groups is 1. The second-order valence-electron chi connectivity index (χ2n) is 7.12. The fraction of sp³-hybridized carbons (Fsp3) is 0.208. The number of ether oxygens (including phenoxy) is 1. The Balaban J connectivity index is 1.75. The van der Waals surface area contributed by atoms with Crippen molar-refractivity contribution in [3.63, 3.8) is 0 Å². The van der Waals surface area contributed by atoms with Gasteiger partial charge in [0, 0.05) is 11.4 Å². The highest BCUT2D eigenvalue weighted by Crippen LogP contribution is 2.26. The van der Waals surface area contributed by atoms with Crippen LogP contribution < -0.4 is 14.4 Å². The van der Waals surface area contributed by atoms with E-state index in [4.69, 9.17) is 4.74 Å². The second-order valence-corrected chi connectivity index (χ2v) is 9.86. The largest absolute Gasteiger partial charge is 0.497 e. The zero-order valence-electron chi connectivity index (χ0n) is 18.3. The van der Waals surface area contributed by atoms with E-state index < -0.39 is 28.3 Å². The quantitative estimate of drug-likeness (QED) is 0.435. The third-order valence-corrected chi connectivity index (χ3v) is 7.46. The van der Waals surface area contributed by atoms with E-state index in [1.165, 1.54) is 42.1 Å². The molecular weight excluding hydrogens is 463 g/mol. The van der Waals surface area contributed by atoms with Crippen LogP contribution in [0.1, 0.15) is 5.56 Å². The molecule has 0 saturated carbocycles. The van der Waals surface area contributed by atoms with E-state index in [1.54, 1.807) is 19.2 Å². The van der Waals surface area contributed by atoms with Crippen molar-refractivity contribution in [1.82, 2.24) is 5.32 Å². The Labute approximate surface area is 197 Å². The van der Waals surface area contributed by atoms with E-state index >= 15 is 0 Å². The molecule has 3 aromatic rings. The fourth-order valence-corrected chi connectivity index (χ4v) is 4.97. The molecule has 0 saturated heterocycles. The molecule has 0 fully saturated rings. The number of nitrogens with one attached hydrogen (secondary N) is 1. The van der Waals surface area contributed by atoms with Crippen LogP contribution in [0.2, 0.25) is 0 Å². The summed E-state index contributed by atoms with van der Waals surface area (Å²) in [6.45, 7) is -0.150. The van der Waals surface area contributed by atoms with Crippen LogP contribution in [0.4, 0.5) is 10.1 Å². The van der Waals surface area contributed by atoms with E-state index in [9.17, 15) is 17.6 Å². The molecule has 3 aromatic carbocycles. The Morgan fingerprint density at radius 3 is 2.36 bits per heavy atom. The minimum atomic E-state index is -4.09. The molecule has 0 aliphatic rings. The molecule has 0 spiro atoms. The molecule has 1 N–H and O–H groups in total. The average molecular weight is 489 g/mol. The molecule has 6 nitrogen and oxygen atoms in total. The number of hydrogen-bond acceptors (Lipinski definition) is 5. The Morgan fingerprint density at radius 2 is 1.76 bits per heavy atom. The van der Waals surface area contributed by atoms with E-state index in [1.807, 2.05) is 30.5 Å². The van der Waals surface area contributed by atoms with Crippen molar-refractivity contribution in [3.8, 4) is 5.75 Å². The zero-order chi connectivity index (χ0) is 23.8. The fourth-order valence-electron chi connectivity index (χ4n) is 3.15. The van der Waals surface area contributed by atoms with E-state index in [-0.39, 0.29) is 10.6 Å². The first-order valence-electron chi connectivity index (χ1n) is 10.2. The monoisotopic (exact) mass is 488 g/mol. The van der Waals surface area contributed by atoms with Gasteiger partial charge in [0.2, 0.25) is 5.91 Å². The van der Waals surface area contributed by atoms with Gasteiger partial charge in [-0.25, -0.2) is 12.8 Å². The molecule has 0 heterocycles. The molecule has 0 aromatic heterocycles. The van der Waals surface area contributed by atoms with Gasteiger partial charge >= 0.3 is 0 Å². The number of halogens is 1. The summed E-state index contributed by atoms with van der Waals surface area (Å²) in [4.78, 5) is 13.6. The molecule has 0 aliphatic heterocycles. The Bertz CT molecular complexity index is 1180. The first-order valence-corrected chi connectivity index (χ1v) is 12.8. The predicted octanol–water partition coefficient (Wildman–Crippen LogP) is 4.11.